The molecule has 0 saturated carbocycles. The number of carbonyl (C=O) groups is 2. The molecular weight excluding hydrogens is 218 g/mol. The van der Waals surface area contributed by atoms with Crippen LogP contribution in [0.15, 0.2) is 18.2 Å². The van der Waals surface area contributed by atoms with E-state index >= 15 is 0 Å². The normalized spacial score (nSPS) is 16.2. The number of rotatable bonds is 1. The Hall–Kier alpha value is -1.98. The third-order valence-electron chi connectivity index (χ3n) is 2.20. The largest absolute Gasteiger partial charge is 0.350 e. The van der Waals surface area contributed by atoms with E-state index in [-0.39, 0.29) is 18.8 Å². The van der Waals surface area contributed by atoms with Gasteiger partial charge in [-0.1, -0.05) is 0 Å². The first-order chi connectivity index (χ1) is 7.56. The summed E-state index contributed by atoms with van der Waals surface area (Å²) in [5.74, 6) is -2.33. The molecule has 2 rings (SSSR count). The van der Waals surface area contributed by atoms with Gasteiger partial charge in [-0.15, -0.1) is 0 Å². The molecular formula is C10H8F2N2O2. The van der Waals surface area contributed by atoms with E-state index < -0.39 is 23.4 Å². The van der Waals surface area contributed by atoms with Gasteiger partial charge in [0.2, 0.25) is 11.8 Å². The Morgan fingerprint density at radius 1 is 1.12 bits per heavy atom. The molecule has 0 aliphatic carbocycles. The van der Waals surface area contributed by atoms with Crippen molar-refractivity contribution in [1.82, 2.24) is 5.32 Å². The predicted molar refractivity (Wildman–Crippen MR) is 51.7 cm³/mol. The molecule has 1 aliphatic rings. The maximum Gasteiger partial charge on any atom is 0.246 e. The number of carbonyl (C=O) groups excluding carboxylic acids is 2. The lowest BCUT2D eigenvalue weighted by atomic mass is 10.2. The van der Waals surface area contributed by atoms with E-state index in [0.717, 1.165) is 18.2 Å². The van der Waals surface area contributed by atoms with Crippen LogP contribution in [0.25, 0.3) is 0 Å². The summed E-state index contributed by atoms with van der Waals surface area (Å²) in [6.45, 7) is -0.321. The van der Waals surface area contributed by atoms with Crippen LogP contribution >= 0.6 is 0 Å². The average molecular weight is 226 g/mol. The first-order valence-corrected chi connectivity index (χ1v) is 4.59. The lowest BCUT2D eigenvalue weighted by molar-refractivity contribution is -0.130. The molecule has 1 aromatic rings. The van der Waals surface area contributed by atoms with Crippen molar-refractivity contribution in [3.05, 3.63) is 29.8 Å². The molecule has 1 fully saturated rings. The second-order valence-electron chi connectivity index (χ2n) is 3.42. The van der Waals surface area contributed by atoms with Gasteiger partial charge in [-0.25, -0.2) is 8.78 Å². The molecule has 1 saturated heterocycles. The van der Waals surface area contributed by atoms with Crippen LogP contribution in [0.2, 0.25) is 0 Å². The van der Waals surface area contributed by atoms with Crippen molar-refractivity contribution in [2.24, 2.45) is 0 Å². The molecule has 4 nitrogen and oxygen atoms in total. The Bertz CT molecular complexity index is 446. The van der Waals surface area contributed by atoms with Crippen molar-refractivity contribution in [3.8, 4) is 0 Å². The predicted octanol–water partition coefficient (Wildman–Crippen LogP) is 0.428. The number of halogens is 2. The van der Waals surface area contributed by atoms with Crippen LogP contribution in [0.3, 0.4) is 0 Å². The van der Waals surface area contributed by atoms with Gasteiger partial charge in [-0.2, -0.15) is 0 Å². The molecule has 1 heterocycles. The zero-order chi connectivity index (χ0) is 11.7. The topological polar surface area (TPSA) is 49.4 Å². The molecule has 84 valence electrons. The van der Waals surface area contributed by atoms with E-state index in [1.54, 1.807) is 0 Å². The smallest absolute Gasteiger partial charge is 0.246 e. The molecule has 1 aromatic carbocycles. The summed E-state index contributed by atoms with van der Waals surface area (Å²) >= 11 is 0. The Labute approximate surface area is 89.8 Å². The molecule has 0 atom stereocenters. The van der Waals surface area contributed by atoms with Gasteiger partial charge in [0.25, 0.3) is 0 Å². The number of piperazine rings is 1. The molecule has 1 N–H and O–H groups in total. The molecule has 1 aliphatic heterocycles. The highest BCUT2D eigenvalue weighted by molar-refractivity contribution is 6.02. The summed E-state index contributed by atoms with van der Waals surface area (Å²) in [6, 6.07) is 2.90. The summed E-state index contributed by atoms with van der Waals surface area (Å²) in [6.07, 6.45) is 0. The first kappa shape index (κ1) is 10.5. The summed E-state index contributed by atoms with van der Waals surface area (Å²) in [5, 5.41) is 2.08. The average Bonchev–Trinajstić information content (AvgIpc) is 2.20. The van der Waals surface area contributed by atoms with Crippen molar-refractivity contribution in [2.45, 2.75) is 0 Å². The third kappa shape index (κ3) is 2.00. The number of nitrogens with zero attached hydrogens (tertiary/aromatic N) is 1. The van der Waals surface area contributed by atoms with Gasteiger partial charge in [0.05, 0.1) is 18.8 Å². The second-order valence-corrected chi connectivity index (χ2v) is 3.42. The van der Waals surface area contributed by atoms with Crippen LogP contribution in [-0.2, 0) is 9.59 Å². The van der Waals surface area contributed by atoms with Crippen molar-refractivity contribution < 1.29 is 18.4 Å². The summed E-state index contributed by atoms with van der Waals surface area (Å²) in [7, 11) is 0. The SMILES string of the molecule is O=C1CN(c2cc(F)ccc2F)CC(=O)N1. The molecule has 6 heteroatoms. The molecule has 0 spiro atoms. The fraction of sp³-hybridized carbons (Fsp3) is 0.200. The van der Waals surface area contributed by atoms with E-state index in [4.69, 9.17) is 0 Å². The number of hydrogen-bond donors (Lipinski definition) is 1. The zero-order valence-corrected chi connectivity index (χ0v) is 8.17. The number of hydrogen-bond acceptors (Lipinski definition) is 3. The van der Waals surface area contributed by atoms with Gasteiger partial charge in [-0.3, -0.25) is 14.9 Å². The van der Waals surface area contributed by atoms with Crippen LogP contribution in [0.5, 0.6) is 0 Å². The van der Waals surface area contributed by atoms with Crippen LogP contribution in [0, 0.1) is 11.6 Å². The highest BCUT2D eigenvalue weighted by atomic mass is 19.1. The summed E-state index contributed by atoms with van der Waals surface area (Å²) in [4.78, 5) is 23.3. The van der Waals surface area contributed by atoms with E-state index in [1.807, 2.05) is 0 Å². The van der Waals surface area contributed by atoms with Crippen LogP contribution in [0.4, 0.5) is 14.5 Å². The fourth-order valence-corrected chi connectivity index (χ4v) is 1.54. The van der Waals surface area contributed by atoms with Crippen LogP contribution < -0.4 is 10.2 Å². The molecule has 0 unspecified atom stereocenters. The maximum absolute atomic E-state index is 13.4. The Morgan fingerprint density at radius 3 is 2.38 bits per heavy atom. The van der Waals surface area contributed by atoms with E-state index in [2.05, 4.69) is 5.32 Å². The van der Waals surface area contributed by atoms with Crippen LogP contribution in [-0.4, -0.2) is 24.9 Å². The van der Waals surface area contributed by atoms with Gasteiger partial charge in [-0.05, 0) is 12.1 Å². The van der Waals surface area contributed by atoms with Gasteiger partial charge < -0.3 is 4.90 Å². The van der Waals surface area contributed by atoms with Crippen molar-refractivity contribution >= 4 is 17.5 Å². The number of amides is 2. The number of nitrogens with one attached hydrogen (secondary N) is 1. The highest BCUT2D eigenvalue weighted by Crippen LogP contribution is 2.20. The highest BCUT2D eigenvalue weighted by Gasteiger charge is 2.24. The first-order valence-electron chi connectivity index (χ1n) is 4.59. The van der Waals surface area contributed by atoms with Gasteiger partial charge in [0, 0.05) is 6.07 Å². The third-order valence-corrected chi connectivity index (χ3v) is 2.20. The monoisotopic (exact) mass is 226 g/mol. The minimum atomic E-state index is -0.663. The maximum atomic E-state index is 13.4. The van der Waals surface area contributed by atoms with Gasteiger partial charge in [0.1, 0.15) is 11.6 Å². The van der Waals surface area contributed by atoms with Crippen molar-refractivity contribution in [3.63, 3.8) is 0 Å². The number of benzene rings is 1. The Kier molecular flexibility index (Phi) is 2.55. The molecule has 2 amide bonds. The summed E-state index contributed by atoms with van der Waals surface area (Å²) in [5.41, 5.74) is -0.0804. The molecule has 0 bridgehead atoms. The quantitative estimate of drug-likeness (QED) is 0.706. The van der Waals surface area contributed by atoms with E-state index in [0.29, 0.717) is 0 Å². The molecule has 0 radical (unpaired) electrons. The van der Waals surface area contributed by atoms with Crippen LogP contribution in [0.1, 0.15) is 0 Å². The van der Waals surface area contributed by atoms with E-state index in [9.17, 15) is 18.4 Å². The minimum Gasteiger partial charge on any atom is -0.350 e. The molecule has 16 heavy (non-hydrogen) atoms. The Balaban J connectivity index is 2.32. The zero-order valence-electron chi connectivity index (χ0n) is 8.17. The Morgan fingerprint density at radius 2 is 1.75 bits per heavy atom. The number of anilines is 1. The fourth-order valence-electron chi connectivity index (χ4n) is 1.54. The van der Waals surface area contributed by atoms with Gasteiger partial charge in [0.15, 0.2) is 0 Å². The van der Waals surface area contributed by atoms with E-state index in [1.165, 1.54) is 4.90 Å². The lowest BCUT2D eigenvalue weighted by Gasteiger charge is -2.27. The van der Waals surface area contributed by atoms with Crippen molar-refractivity contribution in [1.29, 1.82) is 0 Å². The summed E-state index contributed by atoms with van der Waals surface area (Å²) < 4.78 is 26.3. The standard InChI is InChI=1S/C10H8F2N2O2/c11-6-1-2-7(12)8(3-6)14-4-9(15)13-10(16)5-14/h1-3H,4-5H2,(H,13,15,16). The second kappa shape index (κ2) is 3.88. The minimum absolute atomic E-state index is 0.0804. The van der Waals surface area contributed by atoms with Gasteiger partial charge >= 0.3 is 0 Å². The van der Waals surface area contributed by atoms with Crippen molar-refractivity contribution in [2.75, 3.05) is 18.0 Å². The molecule has 0 aromatic heterocycles. The number of imide groups is 1. The lowest BCUT2D eigenvalue weighted by Crippen LogP contribution is -2.51.